The Labute approximate surface area is 183 Å². The van der Waals surface area contributed by atoms with Crippen molar-refractivity contribution in [2.45, 2.75) is 6.42 Å². The standard InChI is InChI=1S/C25H18N2O3S/c28-23(27-25-26-21-10-3-4-11-22(21)31-25)15-30-19-8-5-6-16(13-19)12-18-14-17-7-1-2-9-20(17)24(18)29/h1-13H,14-15H2,(H,26,27,28)/b18-12+. The van der Waals surface area contributed by atoms with Crippen LogP contribution in [0.2, 0.25) is 0 Å². The first kappa shape index (κ1) is 19.2. The largest absolute Gasteiger partial charge is 0.484 e. The van der Waals surface area contributed by atoms with Gasteiger partial charge in [0.15, 0.2) is 17.5 Å². The van der Waals surface area contributed by atoms with Crippen LogP contribution in [0.5, 0.6) is 5.75 Å². The van der Waals surface area contributed by atoms with Crippen LogP contribution in [0.1, 0.15) is 21.5 Å². The number of Topliss-reactive ketones (excluding diaryl/α,β-unsaturated/α-hetero) is 1. The molecule has 1 amide bonds. The highest BCUT2D eigenvalue weighted by atomic mass is 32.1. The molecule has 1 aliphatic carbocycles. The van der Waals surface area contributed by atoms with Crippen molar-refractivity contribution in [2.24, 2.45) is 0 Å². The van der Waals surface area contributed by atoms with Crippen LogP contribution in [-0.2, 0) is 11.2 Å². The lowest BCUT2D eigenvalue weighted by Crippen LogP contribution is -2.20. The van der Waals surface area contributed by atoms with Gasteiger partial charge in [0.25, 0.3) is 5.91 Å². The van der Waals surface area contributed by atoms with Crippen LogP contribution in [0.25, 0.3) is 16.3 Å². The van der Waals surface area contributed by atoms with Crippen molar-refractivity contribution in [3.63, 3.8) is 0 Å². The van der Waals surface area contributed by atoms with Gasteiger partial charge in [-0.05, 0) is 41.5 Å². The molecular weight excluding hydrogens is 408 g/mol. The molecule has 0 fully saturated rings. The molecule has 0 spiro atoms. The monoisotopic (exact) mass is 426 g/mol. The number of nitrogens with one attached hydrogen (secondary N) is 1. The van der Waals surface area contributed by atoms with Crippen molar-refractivity contribution in [3.05, 3.63) is 95.1 Å². The number of thiazole rings is 1. The second-order valence-electron chi connectivity index (χ2n) is 7.23. The SMILES string of the molecule is O=C(COc1cccc(/C=C2\Cc3ccccc3C2=O)c1)Nc1nc2ccccc2s1. The normalized spacial score (nSPS) is 14.1. The number of fused-ring (bicyclic) bond motifs is 2. The van der Waals surface area contributed by atoms with Crippen LogP contribution in [0, 0.1) is 0 Å². The number of carbonyl (C=O) groups is 2. The van der Waals surface area contributed by atoms with E-state index >= 15 is 0 Å². The molecule has 5 rings (SSSR count). The predicted molar refractivity (Wildman–Crippen MR) is 123 cm³/mol. The Balaban J connectivity index is 1.23. The average molecular weight is 426 g/mol. The van der Waals surface area contributed by atoms with Crippen molar-refractivity contribution >= 4 is 44.5 Å². The molecule has 31 heavy (non-hydrogen) atoms. The number of ketones is 1. The molecule has 0 unspecified atom stereocenters. The average Bonchev–Trinajstić information content (AvgIpc) is 3.33. The van der Waals surface area contributed by atoms with Gasteiger partial charge in [0.1, 0.15) is 5.75 Å². The quantitative estimate of drug-likeness (QED) is 0.449. The number of allylic oxidation sites excluding steroid dienone is 1. The fourth-order valence-electron chi connectivity index (χ4n) is 3.60. The van der Waals surface area contributed by atoms with Gasteiger partial charge in [-0.25, -0.2) is 4.98 Å². The van der Waals surface area contributed by atoms with Gasteiger partial charge in [-0.3, -0.25) is 14.9 Å². The number of hydrogen-bond acceptors (Lipinski definition) is 5. The summed E-state index contributed by atoms with van der Waals surface area (Å²) in [5, 5.41) is 3.33. The summed E-state index contributed by atoms with van der Waals surface area (Å²) in [7, 11) is 0. The zero-order chi connectivity index (χ0) is 21.2. The first-order chi connectivity index (χ1) is 15.2. The molecule has 0 radical (unpaired) electrons. The molecule has 1 heterocycles. The van der Waals surface area contributed by atoms with E-state index in [1.807, 2.05) is 72.8 Å². The highest BCUT2D eigenvalue weighted by molar-refractivity contribution is 7.22. The summed E-state index contributed by atoms with van der Waals surface area (Å²) in [6.45, 7) is -0.125. The number of aromatic nitrogens is 1. The van der Waals surface area contributed by atoms with Gasteiger partial charge < -0.3 is 4.74 Å². The van der Waals surface area contributed by atoms with Crippen LogP contribution >= 0.6 is 11.3 Å². The van der Waals surface area contributed by atoms with Crippen molar-refractivity contribution in [3.8, 4) is 5.75 Å². The summed E-state index contributed by atoms with van der Waals surface area (Å²) in [5.41, 5.74) is 4.30. The number of benzene rings is 3. The summed E-state index contributed by atoms with van der Waals surface area (Å²) in [4.78, 5) is 29.2. The fourth-order valence-corrected chi connectivity index (χ4v) is 4.48. The Morgan fingerprint density at radius 2 is 1.90 bits per heavy atom. The van der Waals surface area contributed by atoms with Gasteiger partial charge in [-0.1, -0.05) is 59.9 Å². The molecule has 0 aliphatic heterocycles. The summed E-state index contributed by atoms with van der Waals surface area (Å²) < 4.78 is 6.68. The minimum Gasteiger partial charge on any atom is -0.484 e. The zero-order valence-corrected chi connectivity index (χ0v) is 17.3. The Morgan fingerprint density at radius 1 is 1.06 bits per heavy atom. The number of ether oxygens (including phenoxy) is 1. The molecular formula is C25H18N2O3S. The van der Waals surface area contributed by atoms with Crippen molar-refractivity contribution in [1.29, 1.82) is 0 Å². The number of hydrogen-bond donors (Lipinski definition) is 1. The summed E-state index contributed by atoms with van der Waals surface area (Å²) in [6, 6.07) is 22.8. The van der Waals surface area contributed by atoms with E-state index in [4.69, 9.17) is 4.74 Å². The van der Waals surface area contributed by atoms with E-state index in [0.717, 1.165) is 32.5 Å². The van der Waals surface area contributed by atoms with Crippen LogP contribution in [0.4, 0.5) is 5.13 Å². The van der Waals surface area contributed by atoms with Crippen molar-refractivity contribution in [2.75, 3.05) is 11.9 Å². The van der Waals surface area contributed by atoms with E-state index in [1.165, 1.54) is 11.3 Å². The predicted octanol–water partition coefficient (Wildman–Crippen LogP) is 5.14. The number of nitrogens with zero attached hydrogens (tertiary/aromatic N) is 1. The van der Waals surface area contributed by atoms with Crippen LogP contribution in [0.15, 0.2) is 78.4 Å². The van der Waals surface area contributed by atoms with Gasteiger partial charge in [0.05, 0.1) is 10.2 Å². The van der Waals surface area contributed by atoms with E-state index in [0.29, 0.717) is 17.3 Å². The van der Waals surface area contributed by atoms with E-state index in [9.17, 15) is 9.59 Å². The van der Waals surface area contributed by atoms with E-state index in [1.54, 1.807) is 6.07 Å². The number of anilines is 1. The lowest BCUT2D eigenvalue weighted by molar-refractivity contribution is -0.118. The summed E-state index contributed by atoms with van der Waals surface area (Å²) in [5.74, 6) is 0.359. The minimum atomic E-state index is -0.274. The molecule has 1 aliphatic rings. The van der Waals surface area contributed by atoms with E-state index < -0.39 is 0 Å². The molecule has 4 aromatic rings. The molecule has 0 bridgehead atoms. The number of rotatable bonds is 5. The third-order valence-electron chi connectivity index (χ3n) is 5.04. The first-order valence-electron chi connectivity index (χ1n) is 9.87. The van der Waals surface area contributed by atoms with Crippen LogP contribution in [-0.4, -0.2) is 23.3 Å². The highest BCUT2D eigenvalue weighted by Gasteiger charge is 2.23. The smallest absolute Gasteiger partial charge is 0.264 e. The molecule has 1 N–H and O–H groups in total. The summed E-state index contributed by atoms with van der Waals surface area (Å²) in [6.07, 6.45) is 2.51. The topological polar surface area (TPSA) is 68.3 Å². The van der Waals surface area contributed by atoms with Crippen molar-refractivity contribution in [1.82, 2.24) is 4.98 Å². The second-order valence-corrected chi connectivity index (χ2v) is 8.26. The maximum Gasteiger partial charge on any atom is 0.264 e. The first-order valence-corrected chi connectivity index (χ1v) is 10.7. The zero-order valence-electron chi connectivity index (χ0n) is 16.5. The molecule has 3 aromatic carbocycles. The van der Waals surface area contributed by atoms with Gasteiger partial charge in [0.2, 0.25) is 0 Å². The Kier molecular flexibility index (Phi) is 5.06. The van der Waals surface area contributed by atoms with Gasteiger partial charge >= 0.3 is 0 Å². The number of para-hydroxylation sites is 1. The Hall–Kier alpha value is -3.77. The molecule has 0 atom stereocenters. The summed E-state index contributed by atoms with van der Waals surface area (Å²) >= 11 is 1.42. The van der Waals surface area contributed by atoms with Gasteiger partial charge in [-0.2, -0.15) is 0 Å². The lowest BCUT2D eigenvalue weighted by atomic mass is 10.1. The molecule has 6 heteroatoms. The highest BCUT2D eigenvalue weighted by Crippen LogP contribution is 2.28. The third kappa shape index (κ3) is 4.11. The van der Waals surface area contributed by atoms with Crippen molar-refractivity contribution < 1.29 is 14.3 Å². The lowest BCUT2D eigenvalue weighted by Gasteiger charge is -2.07. The molecule has 0 saturated heterocycles. The van der Waals surface area contributed by atoms with Gasteiger partial charge in [-0.15, -0.1) is 0 Å². The van der Waals surface area contributed by atoms with Gasteiger partial charge in [0, 0.05) is 17.6 Å². The fraction of sp³-hybridized carbons (Fsp3) is 0.0800. The van der Waals surface area contributed by atoms with Crippen LogP contribution < -0.4 is 10.1 Å². The number of carbonyl (C=O) groups excluding carboxylic acids is 2. The Morgan fingerprint density at radius 3 is 2.77 bits per heavy atom. The number of amides is 1. The molecule has 5 nitrogen and oxygen atoms in total. The second kappa shape index (κ2) is 8.16. The van der Waals surface area contributed by atoms with Crippen LogP contribution in [0.3, 0.4) is 0 Å². The maximum atomic E-state index is 12.6. The Bertz CT molecular complexity index is 1310. The maximum absolute atomic E-state index is 12.6. The van der Waals surface area contributed by atoms with E-state index in [2.05, 4.69) is 10.3 Å². The van der Waals surface area contributed by atoms with E-state index in [-0.39, 0.29) is 18.3 Å². The molecule has 152 valence electrons. The minimum absolute atomic E-state index is 0.0668. The molecule has 0 saturated carbocycles. The molecule has 1 aromatic heterocycles. The third-order valence-corrected chi connectivity index (χ3v) is 6.00.